The Hall–Kier alpha value is 0.290. The van der Waals surface area contributed by atoms with Crippen molar-refractivity contribution >= 4 is 23.2 Å². The molecule has 0 atom stereocenters. The lowest BCUT2D eigenvalue weighted by atomic mass is 10.4. The van der Waals surface area contributed by atoms with Gasteiger partial charge in [0.05, 0.1) is 39.6 Å². The van der Waals surface area contributed by atoms with Gasteiger partial charge in [0.25, 0.3) is 0 Å². The molecular formula is C18H45N4O9P3. The van der Waals surface area contributed by atoms with Crippen LogP contribution < -0.4 is 15.3 Å². The standard InChI is InChI=1S/C18H45N4O9P3/c1-7-26-32(23,27-8-2)19-13-16-22(17-14-20-33(24,28-9-3)29-10-4)18-15-21-34(25,30-11-5)31-12-6/h7-18H2,1-6H3,(H,19,23)(H,20,24)(H,21,25). The minimum atomic E-state index is -3.39. The van der Waals surface area contributed by atoms with Crippen LogP contribution in [0.25, 0.3) is 0 Å². The second-order valence-corrected chi connectivity index (χ2v) is 12.0. The van der Waals surface area contributed by atoms with Crippen LogP contribution in [0.3, 0.4) is 0 Å². The molecule has 3 N–H and O–H groups in total. The van der Waals surface area contributed by atoms with E-state index in [-0.39, 0.29) is 39.6 Å². The Balaban J connectivity index is 5.04. The molecule has 0 aliphatic carbocycles. The molecule has 0 unspecified atom stereocenters. The first-order chi connectivity index (χ1) is 16.1. The van der Waals surface area contributed by atoms with Gasteiger partial charge < -0.3 is 0 Å². The molecule has 0 aromatic rings. The fourth-order valence-electron chi connectivity index (χ4n) is 2.78. The molecule has 16 heteroatoms. The quantitative estimate of drug-likeness (QED) is 0.150. The molecule has 0 spiro atoms. The third-order valence-electron chi connectivity index (χ3n) is 3.99. The van der Waals surface area contributed by atoms with Crippen LogP contribution in [0.1, 0.15) is 41.5 Å². The van der Waals surface area contributed by atoms with Crippen molar-refractivity contribution < 1.29 is 40.8 Å². The lowest BCUT2D eigenvalue weighted by Gasteiger charge is -2.26. The van der Waals surface area contributed by atoms with Crippen molar-refractivity contribution in [3.8, 4) is 0 Å². The van der Waals surface area contributed by atoms with E-state index in [1.807, 2.05) is 4.90 Å². The van der Waals surface area contributed by atoms with E-state index in [0.29, 0.717) is 39.3 Å². The summed E-state index contributed by atoms with van der Waals surface area (Å²) < 4.78 is 69.4. The van der Waals surface area contributed by atoms with Gasteiger partial charge in [0.2, 0.25) is 0 Å². The van der Waals surface area contributed by atoms with E-state index in [2.05, 4.69) is 15.3 Å². The maximum atomic E-state index is 12.6. The lowest BCUT2D eigenvalue weighted by molar-refractivity contribution is 0.201. The first kappa shape index (κ1) is 34.3. The molecule has 0 heterocycles. The molecule has 34 heavy (non-hydrogen) atoms. The van der Waals surface area contributed by atoms with Gasteiger partial charge in [0.1, 0.15) is 0 Å². The predicted octanol–water partition coefficient (Wildman–Crippen LogP) is 3.60. The van der Waals surface area contributed by atoms with Gasteiger partial charge in [0, 0.05) is 39.3 Å². The summed E-state index contributed by atoms with van der Waals surface area (Å²) in [5, 5.41) is 8.53. The van der Waals surface area contributed by atoms with Gasteiger partial charge in [-0.1, -0.05) is 0 Å². The van der Waals surface area contributed by atoms with Crippen LogP contribution in [-0.2, 0) is 40.8 Å². The number of nitrogens with one attached hydrogen (secondary N) is 3. The smallest absolute Gasteiger partial charge is 0.300 e. The minimum absolute atomic E-state index is 0.246. The van der Waals surface area contributed by atoms with Gasteiger partial charge in [-0.25, -0.2) is 29.0 Å². The number of hydrogen-bond donors (Lipinski definition) is 3. The van der Waals surface area contributed by atoms with Crippen LogP contribution in [0, 0.1) is 0 Å². The summed E-state index contributed by atoms with van der Waals surface area (Å²) in [6.45, 7) is 14.2. The SMILES string of the molecule is CCOP(=O)(NCCN(CCNP(=O)(OCC)OCC)CCNP(=O)(OCC)OCC)OCC. The van der Waals surface area contributed by atoms with Gasteiger partial charge >= 0.3 is 23.2 Å². The van der Waals surface area contributed by atoms with Crippen molar-refractivity contribution in [2.45, 2.75) is 41.5 Å². The zero-order valence-electron chi connectivity index (χ0n) is 21.4. The molecule has 0 aromatic heterocycles. The van der Waals surface area contributed by atoms with Crippen molar-refractivity contribution in [3.63, 3.8) is 0 Å². The molecule has 0 radical (unpaired) electrons. The summed E-state index contributed by atoms with van der Waals surface area (Å²) in [7, 11) is -10.2. The predicted molar refractivity (Wildman–Crippen MR) is 133 cm³/mol. The molecule has 206 valence electrons. The molecule has 13 nitrogen and oxygen atoms in total. The second kappa shape index (κ2) is 19.4. The Bertz CT molecular complexity index is 545. The van der Waals surface area contributed by atoms with Gasteiger partial charge in [0.15, 0.2) is 0 Å². The monoisotopic (exact) mass is 554 g/mol. The molecule has 0 saturated heterocycles. The molecule has 0 saturated carbocycles. The third kappa shape index (κ3) is 15.4. The second-order valence-electron chi connectivity index (χ2n) is 6.57. The summed E-state index contributed by atoms with van der Waals surface area (Å²) in [4.78, 5) is 1.99. The molecule has 0 rings (SSSR count). The topological polar surface area (TPSA) is 146 Å². The summed E-state index contributed by atoms with van der Waals surface area (Å²) >= 11 is 0. The van der Waals surface area contributed by atoms with E-state index in [4.69, 9.17) is 27.1 Å². The van der Waals surface area contributed by atoms with Crippen molar-refractivity contribution in [1.29, 1.82) is 0 Å². The summed E-state index contributed by atoms with van der Waals surface area (Å²) in [6.07, 6.45) is 0. The Morgan fingerprint density at radius 1 is 0.471 bits per heavy atom. The Kier molecular flexibility index (Phi) is 19.6. The molecule has 0 amide bonds. The highest BCUT2D eigenvalue weighted by molar-refractivity contribution is 7.52. The van der Waals surface area contributed by atoms with Crippen molar-refractivity contribution in [2.75, 3.05) is 78.9 Å². The van der Waals surface area contributed by atoms with Crippen molar-refractivity contribution in [2.24, 2.45) is 0 Å². The number of hydrogen-bond acceptors (Lipinski definition) is 10. The average Bonchev–Trinajstić information content (AvgIpc) is 2.74. The van der Waals surface area contributed by atoms with E-state index in [9.17, 15) is 13.7 Å². The first-order valence-corrected chi connectivity index (χ1v) is 16.4. The molecular weight excluding hydrogens is 509 g/mol. The van der Waals surface area contributed by atoms with Crippen LogP contribution in [0.15, 0.2) is 0 Å². The van der Waals surface area contributed by atoms with Gasteiger partial charge in [-0.3, -0.25) is 32.0 Å². The van der Waals surface area contributed by atoms with Crippen LogP contribution in [-0.4, -0.2) is 83.8 Å². The largest absolute Gasteiger partial charge is 0.405 e. The highest BCUT2D eigenvalue weighted by Gasteiger charge is 2.26. The van der Waals surface area contributed by atoms with Crippen molar-refractivity contribution in [1.82, 2.24) is 20.2 Å². The molecule has 0 aliphatic rings. The number of rotatable bonds is 24. The van der Waals surface area contributed by atoms with E-state index < -0.39 is 23.2 Å². The number of nitrogens with zero attached hydrogens (tertiary/aromatic N) is 1. The van der Waals surface area contributed by atoms with E-state index in [0.717, 1.165) is 0 Å². The van der Waals surface area contributed by atoms with Crippen LogP contribution in [0.5, 0.6) is 0 Å². The fourth-order valence-corrected chi connectivity index (χ4v) is 6.71. The molecule has 0 aromatic carbocycles. The minimum Gasteiger partial charge on any atom is -0.300 e. The van der Waals surface area contributed by atoms with E-state index in [1.165, 1.54) is 0 Å². The zero-order chi connectivity index (χ0) is 25.9. The van der Waals surface area contributed by atoms with Crippen molar-refractivity contribution in [3.05, 3.63) is 0 Å². The average molecular weight is 554 g/mol. The van der Waals surface area contributed by atoms with Gasteiger partial charge in [-0.05, 0) is 41.5 Å². The summed E-state index contributed by atoms with van der Waals surface area (Å²) in [6, 6.07) is 0. The third-order valence-corrected chi connectivity index (χ3v) is 9.42. The highest BCUT2D eigenvalue weighted by atomic mass is 31.2. The zero-order valence-corrected chi connectivity index (χ0v) is 24.1. The Morgan fingerprint density at radius 3 is 0.853 bits per heavy atom. The Labute approximate surface area is 205 Å². The van der Waals surface area contributed by atoms with Crippen LogP contribution in [0.4, 0.5) is 0 Å². The fraction of sp³-hybridized carbons (Fsp3) is 1.00. The normalized spacial score (nSPS) is 13.1. The maximum absolute atomic E-state index is 12.6. The van der Waals surface area contributed by atoms with Gasteiger partial charge in [-0.2, -0.15) is 0 Å². The summed E-state index contributed by atoms with van der Waals surface area (Å²) in [5.41, 5.74) is 0. The van der Waals surface area contributed by atoms with Gasteiger partial charge in [-0.15, -0.1) is 0 Å². The highest BCUT2D eigenvalue weighted by Crippen LogP contribution is 2.44. The van der Waals surface area contributed by atoms with E-state index >= 15 is 0 Å². The molecule has 0 bridgehead atoms. The molecule has 0 fully saturated rings. The molecule has 0 aliphatic heterocycles. The summed E-state index contributed by atoms with van der Waals surface area (Å²) in [5.74, 6) is 0. The van der Waals surface area contributed by atoms with Crippen LogP contribution in [0.2, 0.25) is 0 Å². The van der Waals surface area contributed by atoms with Crippen LogP contribution >= 0.6 is 23.2 Å². The maximum Gasteiger partial charge on any atom is 0.405 e. The Morgan fingerprint density at radius 2 is 0.676 bits per heavy atom. The lowest BCUT2D eigenvalue weighted by Crippen LogP contribution is -2.40. The first-order valence-electron chi connectivity index (χ1n) is 11.8. The van der Waals surface area contributed by atoms with E-state index in [1.54, 1.807) is 41.5 Å².